The summed E-state index contributed by atoms with van der Waals surface area (Å²) in [5.74, 6) is -0.0371. The molecule has 2 rings (SSSR count). The Balaban J connectivity index is 2.28. The van der Waals surface area contributed by atoms with Gasteiger partial charge in [-0.15, -0.1) is 0 Å². The number of carbonyl (C=O) groups excluding carboxylic acids is 1. The Morgan fingerprint density at radius 3 is 2.27 bits per heavy atom. The summed E-state index contributed by atoms with van der Waals surface area (Å²) >= 11 is 11.9. The fraction of sp³-hybridized carbons (Fsp3) is 0.211. The van der Waals surface area contributed by atoms with E-state index in [4.69, 9.17) is 28.5 Å². The van der Waals surface area contributed by atoms with Crippen LogP contribution < -0.4 is 10.9 Å². The molecule has 134 valence electrons. The van der Waals surface area contributed by atoms with Gasteiger partial charge in [0, 0.05) is 5.41 Å². The maximum absolute atomic E-state index is 12.7. The monoisotopic (exact) mass is 388 g/mol. The van der Waals surface area contributed by atoms with Crippen LogP contribution in [0.25, 0.3) is 0 Å². The molecule has 0 saturated carbocycles. The van der Waals surface area contributed by atoms with Crippen molar-refractivity contribution in [2.45, 2.75) is 20.8 Å². The number of carbonyl (C=O) groups is 1. The normalized spacial score (nSPS) is 11.6. The molecule has 0 saturated heterocycles. The number of hydrogen-bond donors (Lipinski definition) is 2. The zero-order valence-corrected chi connectivity index (χ0v) is 16.1. The van der Waals surface area contributed by atoms with Gasteiger partial charge in [0.15, 0.2) is 5.84 Å². The first-order valence-corrected chi connectivity index (χ1v) is 8.57. The number of Topliss-reactive ketones (excluding diaryl/α,β-unsaturated/α-hetero) is 1. The second-order valence-electron chi connectivity index (χ2n) is 6.58. The Bertz CT molecular complexity index is 878. The van der Waals surface area contributed by atoms with Gasteiger partial charge in [-0.3, -0.25) is 15.6 Å². The molecule has 0 fully saturated rings. The molecule has 0 atom stereocenters. The van der Waals surface area contributed by atoms with Gasteiger partial charge in [-0.05, 0) is 42.5 Å². The maximum Gasteiger partial charge on any atom is 0.204 e. The van der Waals surface area contributed by atoms with Crippen molar-refractivity contribution in [3.05, 3.63) is 58.1 Å². The lowest BCUT2D eigenvalue weighted by molar-refractivity contribution is -0.119. The summed E-state index contributed by atoms with van der Waals surface area (Å²) in [5, 5.41) is 9.62. The van der Waals surface area contributed by atoms with Crippen LogP contribution >= 0.6 is 23.2 Å². The van der Waals surface area contributed by atoms with Gasteiger partial charge in [0.25, 0.3) is 0 Å². The zero-order valence-electron chi connectivity index (χ0n) is 14.6. The number of ketones is 1. The van der Waals surface area contributed by atoms with Crippen molar-refractivity contribution in [2.24, 2.45) is 10.4 Å². The molecule has 0 bridgehead atoms. The molecular weight excluding hydrogens is 371 g/mol. The highest BCUT2D eigenvalue weighted by molar-refractivity contribution is 6.42. The molecular formula is C19H18Cl2N4O. The Labute approximate surface area is 162 Å². The quantitative estimate of drug-likeness (QED) is 0.432. The Kier molecular flexibility index (Phi) is 6.25. The first-order chi connectivity index (χ1) is 12.2. The van der Waals surface area contributed by atoms with Gasteiger partial charge in [0.2, 0.25) is 5.78 Å². The van der Waals surface area contributed by atoms with E-state index >= 15 is 0 Å². The molecule has 2 aromatic carbocycles. The molecule has 0 aliphatic carbocycles. The highest BCUT2D eigenvalue weighted by Crippen LogP contribution is 2.27. The minimum absolute atomic E-state index is 0.139. The summed E-state index contributed by atoms with van der Waals surface area (Å²) in [4.78, 5) is 17.1. The number of anilines is 1. The molecule has 0 aliphatic rings. The third kappa shape index (κ3) is 5.22. The Morgan fingerprint density at radius 2 is 1.73 bits per heavy atom. The summed E-state index contributed by atoms with van der Waals surface area (Å²) in [5.41, 5.74) is 6.88. The van der Waals surface area contributed by atoms with Crippen molar-refractivity contribution >= 4 is 46.2 Å². The molecule has 0 spiro atoms. The number of hydrogen-bond acceptors (Lipinski definition) is 4. The number of aliphatic imine (C=N–C) groups is 1. The first-order valence-electron chi connectivity index (χ1n) is 7.81. The second kappa shape index (κ2) is 8.22. The molecule has 2 aromatic rings. The SMILES string of the molecule is CC(C)(C)C(=O)C(=Nc1ccc(Cl)c(Cl)c1)NNc1ccc(C#N)cc1. The standard InChI is InChI=1S/C19H18Cl2N4O/c1-19(2,3)17(26)18(23-14-8-9-15(20)16(21)10-14)25-24-13-6-4-12(11-22)5-7-13/h4-10,24H,1-3H3,(H,23,25). The van der Waals surface area contributed by atoms with E-state index in [1.54, 1.807) is 42.5 Å². The molecule has 7 heteroatoms. The predicted molar refractivity (Wildman–Crippen MR) is 106 cm³/mol. The Morgan fingerprint density at radius 1 is 1.08 bits per heavy atom. The average molecular weight is 389 g/mol. The van der Waals surface area contributed by atoms with Crippen LogP contribution in [-0.4, -0.2) is 11.6 Å². The van der Waals surface area contributed by atoms with Crippen molar-refractivity contribution in [2.75, 3.05) is 5.43 Å². The molecule has 0 unspecified atom stereocenters. The van der Waals surface area contributed by atoms with Crippen molar-refractivity contribution in [1.82, 2.24) is 5.43 Å². The number of nitrogens with one attached hydrogen (secondary N) is 2. The van der Waals surface area contributed by atoms with Gasteiger partial charge in [0.05, 0.1) is 33.1 Å². The predicted octanol–water partition coefficient (Wildman–Crippen LogP) is 5.13. The molecule has 26 heavy (non-hydrogen) atoms. The van der Waals surface area contributed by atoms with Crippen LogP contribution in [0, 0.1) is 16.7 Å². The lowest BCUT2D eigenvalue weighted by atomic mass is 9.90. The van der Waals surface area contributed by atoms with Crippen LogP contribution in [0.3, 0.4) is 0 Å². The van der Waals surface area contributed by atoms with Gasteiger partial charge in [-0.1, -0.05) is 44.0 Å². The number of benzene rings is 2. The molecule has 0 aromatic heterocycles. The van der Waals surface area contributed by atoms with Crippen molar-refractivity contribution in [3.8, 4) is 6.07 Å². The van der Waals surface area contributed by atoms with Gasteiger partial charge >= 0.3 is 0 Å². The molecule has 0 amide bonds. The number of halogens is 2. The fourth-order valence-corrected chi connectivity index (χ4v) is 2.23. The summed E-state index contributed by atoms with van der Waals surface area (Å²) in [6.45, 7) is 5.43. The molecule has 0 radical (unpaired) electrons. The Hall–Kier alpha value is -2.55. The van der Waals surface area contributed by atoms with E-state index in [9.17, 15) is 4.79 Å². The van der Waals surface area contributed by atoms with E-state index in [0.29, 0.717) is 27.0 Å². The molecule has 0 heterocycles. The number of rotatable bonds is 4. The van der Waals surface area contributed by atoms with E-state index in [-0.39, 0.29) is 11.6 Å². The first kappa shape index (κ1) is 19.8. The summed E-state index contributed by atoms with van der Waals surface area (Å²) in [7, 11) is 0. The highest BCUT2D eigenvalue weighted by atomic mass is 35.5. The van der Waals surface area contributed by atoms with Gasteiger partial charge in [0.1, 0.15) is 0 Å². The van der Waals surface area contributed by atoms with Crippen LogP contribution in [0.2, 0.25) is 10.0 Å². The minimum Gasteiger partial charge on any atom is -0.300 e. The van der Waals surface area contributed by atoms with Gasteiger partial charge < -0.3 is 0 Å². The number of amidine groups is 1. The lowest BCUT2D eigenvalue weighted by Gasteiger charge is -2.20. The lowest BCUT2D eigenvalue weighted by Crippen LogP contribution is -2.41. The van der Waals surface area contributed by atoms with Gasteiger partial charge in [-0.2, -0.15) is 5.26 Å². The van der Waals surface area contributed by atoms with E-state index in [1.165, 1.54) is 0 Å². The second-order valence-corrected chi connectivity index (χ2v) is 7.39. The molecule has 5 nitrogen and oxygen atoms in total. The minimum atomic E-state index is -0.631. The number of nitrogens with zero attached hydrogens (tertiary/aromatic N) is 2. The fourth-order valence-electron chi connectivity index (χ4n) is 1.93. The topological polar surface area (TPSA) is 77.3 Å². The van der Waals surface area contributed by atoms with E-state index < -0.39 is 5.41 Å². The highest BCUT2D eigenvalue weighted by Gasteiger charge is 2.26. The summed E-state index contributed by atoms with van der Waals surface area (Å²) < 4.78 is 0. The van der Waals surface area contributed by atoms with E-state index in [0.717, 1.165) is 0 Å². The van der Waals surface area contributed by atoms with E-state index in [2.05, 4.69) is 21.9 Å². The van der Waals surface area contributed by atoms with Crippen molar-refractivity contribution < 1.29 is 4.79 Å². The van der Waals surface area contributed by atoms with Gasteiger partial charge in [-0.25, -0.2) is 4.99 Å². The van der Waals surface area contributed by atoms with Crippen molar-refractivity contribution in [1.29, 1.82) is 5.26 Å². The van der Waals surface area contributed by atoms with Crippen LogP contribution in [0.15, 0.2) is 47.5 Å². The van der Waals surface area contributed by atoms with Crippen LogP contribution in [0.5, 0.6) is 0 Å². The third-order valence-corrected chi connectivity index (χ3v) is 4.12. The van der Waals surface area contributed by atoms with Crippen molar-refractivity contribution in [3.63, 3.8) is 0 Å². The maximum atomic E-state index is 12.7. The smallest absolute Gasteiger partial charge is 0.204 e. The number of hydrazine groups is 1. The van der Waals surface area contributed by atoms with Crippen LogP contribution in [0.4, 0.5) is 11.4 Å². The average Bonchev–Trinajstić information content (AvgIpc) is 2.60. The molecule has 0 aliphatic heterocycles. The largest absolute Gasteiger partial charge is 0.300 e. The third-order valence-electron chi connectivity index (χ3n) is 3.38. The van der Waals surface area contributed by atoms with Crippen LogP contribution in [0.1, 0.15) is 26.3 Å². The van der Waals surface area contributed by atoms with Crippen LogP contribution in [-0.2, 0) is 4.79 Å². The number of nitriles is 1. The molecule has 2 N–H and O–H groups in total. The summed E-state index contributed by atoms with van der Waals surface area (Å²) in [6, 6.07) is 13.7. The van der Waals surface area contributed by atoms with E-state index in [1.807, 2.05) is 20.8 Å². The summed E-state index contributed by atoms with van der Waals surface area (Å²) in [6.07, 6.45) is 0. The zero-order chi connectivity index (χ0) is 19.3.